The number of hydrogen-bond donors (Lipinski definition) is 1. The van der Waals surface area contributed by atoms with Crippen LogP contribution in [0.15, 0.2) is 24.3 Å². The van der Waals surface area contributed by atoms with Gasteiger partial charge in [-0.3, -0.25) is 4.98 Å². The molecule has 2 N–H and O–H groups in total. The van der Waals surface area contributed by atoms with Crippen LogP contribution in [0.25, 0.3) is 10.9 Å². The van der Waals surface area contributed by atoms with Crippen LogP contribution in [0, 0.1) is 6.92 Å². The summed E-state index contributed by atoms with van der Waals surface area (Å²) in [7, 11) is 0. The Morgan fingerprint density at radius 1 is 1.32 bits per heavy atom. The highest BCUT2D eigenvalue weighted by molar-refractivity contribution is 5.86. The number of aryl methyl sites for hydroxylation is 1. The Morgan fingerprint density at radius 2 is 2.00 bits per heavy atom. The molecule has 1 heterocycles. The average Bonchev–Trinajstić information content (AvgIpc) is 2.25. The topological polar surface area (TPSA) is 38.9 Å². The Hall–Kier alpha value is -1.62. The van der Waals surface area contributed by atoms with Crippen molar-refractivity contribution in [3.05, 3.63) is 41.1 Å². The maximum absolute atomic E-state index is 13.0. The Morgan fingerprint density at radius 3 is 2.58 bits per heavy atom. The summed E-state index contributed by atoms with van der Waals surface area (Å²) in [5.74, 6) is 0. The summed E-state index contributed by atoms with van der Waals surface area (Å²) in [5, 5.41) is 0.170. The van der Waals surface area contributed by atoms with Crippen LogP contribution < -0.4 is 5.73 Å². The van der Waals surface area contributed by atoms with Gasteiger partial charge in [-0.2, -0.15) is 13.2 Å². The van der Waals surface area contributed by atoms with Crippen LogP contribution in [0.3, 0.4) is 0 Å². The second-order valence-corrected chi connectivity index (χ2v) is 4.81. The van der Waals surface area contributed by atoms with E-state index in [4.69, 9.17) is 5.73 Å². The minimum Gasteiger partial charge on any atom is -0.328 e. The fourth-order valence-corrected chi connectivity index (χ4v) is 2.23. The zero-order chi connectivity index (χ0) is 14.2. The molecule has 2 nitrogen and oxygen atoms in total. The van der Waals surface area contributed by atoms with Crippen molar-refractivity contribution in [3.8, 4) is 0 Å². The largest absolute Gasteiger partial charge is 0.417 e. The lowest BCUT2D eigenvalue weighted by Crippen LogP contribution is -2.18. The van der Waals surface area contributed by atoms with Crippen molar-refractivity contribution in [2.24, 2.45) is 5.73 Å². The number of benzene rings is 1. The van der Waals surface area contributed by atoms with Gasteiger partial charge in [0.15, 0.2) is 0 Å². The van der Waals surface area contributed by atoms with Crippen molar-refractivity contribution >= 4 is 10.9 Å². The third-order valence-corrected chi connectivity index (χ3v) is 2.92. The number of nitrogens with zero attached hydrogens (tertiary/aromatic N) is 1. The van der Waals surface area contributed by atoms with Gasteiger partial charge in [0, 0.05) is 23.5 Å². The predicted octanol–water partition coefficient (Wildman–Crippen LogP) is 3.45. The highest BCUT2D eigenvalue weighted by Gasteiger charge is 2.33. The summed E-state index contributed by atoms with van der Waals surface area (Å²) in [6.45, 7) is 3.51. The van der Waals surface area contributed by atoms with E-state index in [1.807, 2.05) is 6.92 Å². The van der Waals surface area contributed by atoms with Crippen LogP contribution >= 0.6 is 0 Å². The second kappa shape index (κ2) is 4.81. The van der Waals surface area contributed by atoms with Crippen LogP contribution in [0.2, 0.25) is 0 Å². The van der Waals surface area contributed by atoms with Gasteiger partial charge in [-0.15, -0.1) is 0 Å². The maximum atomic E-state index is 13.0. The second-order valence-electron chi connectivity index (χ2n) is 4.81. The van der Waals surface area contributed by atoms with Crippen LogP contribution in [0.5, 0.6) is 0 Å². The molecular formula is C14H15F3N2. The molecule has 5 heteroatoms. The lowest BCUT2D eigenvalue weighted by Gasteiger charge is -2.14. The summed E-state index contributed by atoms with van der Waals surface area (Å²) in [4.78, 5) is 4.27. The minimum absolute atomic E-state index is 0.0739. The molecule has 0 saturated carbocycles. The van der Waals surface area contributed by atoms with Crippen LogP contribution in [0.1, 0.15) is 23.7 Å². The molecule has 1 unspecified atom stereocenters. The molecule has 0 aliphatic rings. The van der Waals surface area contributed by atoms with Gasteiger partial charge in [0.25, 0.3) is 0 Å². The number of fused-ring (bicyclic) bond motifs is 1. The first-order chi connectivity index (χ1) is 8.79. The van der Waals surface area contributed by atoms with Crippen molar-refractivity contribution in [2.75, 3.05) is 0 Å². The van der Waals surface area contributed by atoms with Crippen molar-refractivity contribution < 1.29 is 13.2 Å². The Balaban J connectivity index is 2.66. The smallest absolute Gasteiger partial charge is 0.328 e. The molecule has 0 radical (unpaired) electrons. The average molecular weight is 268 g/mol. The fraction of sp³-hybridized carbons (Fsp3) is 0.357. The molecule has 0 amide bonds. The van der Waals surface area contributed by atoms with Gasteiger partial charge in [-0.25, -0.2) is 0 Å². The van der Waals surface area contributed by atoms with Crippen molar-refractivity contribution in [2.45, 2.75) is 32.5 Å². The quantitative estimate of drug-likeness (QED) is 0.906. The molecule has 0 aliphatic carbocycles. The molecule has 0 spiro atoms. The van der Waals surface area contributed by atoms with E-state index in [0.717, 1.165) is 11.8 Å². The summed E-state index contributed by atoms with van der Waals surface area (Å²) < 4.78 is 38.9. The normalized spacial score (nSPS) is 13.8. The molecule has 1 aromatic carbocycles. The zero-order valence-corrected chi connectivity index (χ0v) is 10.8. The summed E-state index contributed by atoms with van der Waals surface area (Å²) in [6.07, 6.45) is -3.82. The molecule has 0 bridgehead atoms. The minimum atomic E-state index is -4.37. The first kappa shape index (κ1) is 13.8. The number of halogens is 3. The standard InChI is InChI=1S/C14H15F3N2/c1-8-6-10(7-9(2)18)19-12-5-3-4-11(13(8)12)14(15,16)17/h3-6,9H,7,18H2,1-2H3. The summed E-state index contributed by atoms with van der Waals surface area (Å²) in [6, 6.07) is 5.67. The third kappa shape index (κ3) is 2.87. The van der Waals surface area contributed by atoms with Gasteiger partial charge in [0.2, 0.25) is 0 Å². The molecule has 2 rings (SSSR count). The highest BCUT2D eigenvalue weighted by Crippen LogP contribution is 2.35. The van der Waals surface area contributed by atoms with Gasteiger partial charge in [-0.1, -0.05) is 6.07 Å². The SMILES string of the molecule is Cc1cc(CC(C)N)nc2cccc(C(F)(F)F)c12. The highest BCUT2D eigenvalue weighted by atomic mass is 19.4. The number of alkyl halides is 3. The molecule has 0 aliphatic heterocycles. The van der Waals surface area contributed by atoms with Gasteiger partial charge >= 0.3 is 6.18 Å². The van der Waals surface area contributed by atoms with Gasteiger partial charge in [-0.05, 0) is 37.6 Å². The van der Waals surface area contributed by atoms with E-state index < -0.39 is 11.7 Å². The third-order valence-electron chi connectivity index (χ3n) is 2.92. The summed E-state index contributed by atoms with van der Waals surface area (Å²) >= 11 is 0. The molecule has 2 aromatic rings. The van der Waals surface area contributed by atoms with Gasteiger partial charge in [0.05, 0.1) is 11.1 Å². The lowest BCUT2D eigenvalue weighted by molar-refractivity contribution is -0.136. The van der Waals surface area contributed by atoms with E-state index in [1.54, 1.807) is 19.1 Å². The zero-order valence-electron chi connectivity index (χ0n) is 10.8. The van der Waals surface area contributed by atoms with Gasteiger partial charge in [0.1, 0.15) is 0 Å². The predicted molar refractivity (Wildman–Crippen MR) is 68.8 cm³/mol. The first-order valence-electron chi connectivity index (χ1n) is 6.01. The molecule has 0 fully saturated rings. The molecule has 1 aromatic heterocycles. The lowest BCUT2D eigenvalue weighted by atomic mass is 10.0. The first-order valence-corrected chi connectivity index (χ1v) is 6.01. The molecule has 19 heavy (non-hydrogen) atoms. The van der Waals surface area contributed by atoms with E-state index in [0.29, 0.717) is 17.5 Å². The van der Waals surface area contributed by atoms with E-state index in [2.05, 4.69) is 4.98 Å². The number of hydrogen-bond acceptors (Lipinski definition) is 2. The van der Waals surface area contributed by atoms with Crippen molar-refractivity contribution in [3.63, 3.8) is 0 Å². The van der Waals surface area contributed by atoms with Gasteiger partial charge < -0.3 is 5.73 Å². The van der Waals surface area contributed by atoms with E-state index in [-0.39, 0.29) is 11.4 Å². The number of aromatic nitrogens is 1. The van der Waals surface area contributed by atoms with Crippen LogP contribution in [-0.2, 0) is 12.6 Å². The number of rotatable bonds is 2. The monoisotopic (exact) mass is 268 g/mol. The Kier molecular flexibility index (Phi) is 3.49. The summed E-state index contributed by atoms with van der Waals surface area (Å²) in [5.41, 5.74) is 6.73. The van der Waals surface area contributed by atoms with Crippen molar-refractivity contribution in [1.29, 1.82) is 0 Å². The Labute approximate surface area is 109 Å². The van der Waals surface area contributed by atoms with Crippen molar-refractivity contribution in [1.82, 2.24) is 4.98 Å². The molecular weight excluding hydrogens is 253 g/mol. The Bertz CT molecular complexity index is 603. The molecule has 102 valence electrons. The molecule has 1 atom stereocenters. The van der Waals surface area contributed by atoms with E-state index in [1.165, 1.54) is 6.07 Å². The van der Waals surface area contributed by atoms with Crippen LogP contribution in [0.4, 0.5) is 13.2 Å². The van der Waals surface area contributed by atoms with Crippen LogP contribution in [-0.4, -0.2) is 11.0 Å². The molecule has 0 saturated heterocycles. The van der Waals surface area contributed by atoms with E-state index in [9.17, 15) is 13.2 Å². The van der Waals surface area contributed by atoms with E-state index >= 15 is 0 Å². The number of pyridine rings is 1. The maximum Gasteiger partial charge on any atom is 0.417 e. The number of nitrogens with two attached hydrogens (primary N) is 1. The fourth-order valence-electron chi connectivity index (χ4n) is 2.23.